The van der Waals surface area contributed by atoms with Gasteiger partial charge in [0.2, 0.25) is 0 Å². The van der Waals surface area contributed by atoms with Crippen molar-refractivity contribution in [2.45, 2.75) is 12.8 Å². The smallest absolute Gasteiger partial charge is 0.0573 e. The first-order valence-electron chi connectivity index (χ1n) is 7.44. The predicted octanol–water partition coefficient (Wildman–Crippen LogP) is 2.19. The lowest BCUT2D eigenvalue weighted by Crippen LogP contribution is -2.23. The fraction of sp³-hybridized carbons (Fsp3) is 0.625. The molecule has 0 aliphatic heterocycles. The summed E-state index contributed by atoms with van der Waals surface area (Å²) in [4.78, 5) is 0. The van der Waals surface area contributed by atoms with Gasteiger partial charge in [0.25, 0.3) is 0 Å². The third kappa shape index (κ3) is 33.6. The van der Waals surface area contributed by atoms with Gasteiger partial charge >= 0.3 is 0 Å². The Labute approximate surface area is 173 Å². The highest BCUT2D eigenvalue weighted by atomic mass is 35.5. The van der Waals surface area contributed by atoms with Gasteiger partial charge in [-0.3, -0.25) is 0 Å². The van der Waals surface area contributed by atoms with E-state index in [0.29, 0.717) is 6.54 Å². The van der Waals surface area contributed by atoms with Gasteiger partial charge in [-0.1, -0.05) is 24.1 Å². The van der Waals surface area contributed by atoms with Gasteiger partial charge < -0.3 is 21.3 Å². The molecule has 0 rings (SSSR count). The zero-order valence-electron chi connectivity index (χ0n) is 14.2. The number of hydrogen-bond donors (Lipinski definition) is 4. The lowest BCUT2D eigenvalue weighted by atomic mass is 10.4. The lowest BCUT2D eigenvalue weighted by molar-refractivity contribution is 0.635. The summed E-state index contributed by atoms with van der Waals surface area (Å²) in [5, 5.41) is 13.2. The van der Waals surface area contributed by atoms with E-state index in [4.69, 9.17) is 6.42 Å². The van der Waals surface area contributed by atoms with Crippen LogP contribution in [0.4, 0.5) is 0 Å². The molecule has 0 bridgehead atoms. The first-order chi connectivity index (χ1) is 9.91. The molecular formula is C16H34Cl4N4. The first kappa shape index (κ1) is 35.2. The maximum atomic E-state index is 5.14. The molecule has 0 saturated carbocycles. The van der Waals surface area contributed by atoms with E-state index in [1.807, 2.05) is 6.08 Å². The summed E-state index contributed by atoms with van der Waals surface area (Å²) in [7, 11) is 0. The van der Waals surface area contributed by atoms with Crippen LogP contribution in [0.2, 0.25) is 0 Å². The summed E-state index contributed by atoms with van der Waals surface area (Å²) in [6, 6.07) is 0. The molecule has 0 unspecified atom stereocenters. The van der Waals surface area contributed by atoms with Gasteiger partial charge in [-0.2, -0.15) is 0 Å². The highest BCUT2D eigenvalue weighted by Gasteiger charge is 1.87. The summed E-state index contributed by atoms with van der Waals surface area (Å²) < 4.78 is 0. The van der Waals surface area contributed by atoms with Gasteiger partial charge in [-0.05, 0) is 39.0 Å². The van der Waals surface area contributed by atoms with E-state index in [1.165, 1.54) is 0 Å². The summed E-state index contributed by atoms with van der Waals surface area (Å²) in [5.41, 5.74) is 0. The Balaban J connectivity index is -0.000000301. The van der Waals surface area contributed by atoms with E-state index in [2.05, 4.69) is 45.9 Å². The first-order valence-corrected chi connectivity index (χ1v) is 7.44. The van der Waals surface area contributed by atoms with Crippen LogP contribution in [-0.2, 0) is 0 Å². The molecule has 8 heteroatoms. The fourth-order valence-corrected chi connectivity index (χ4v) is 1.58. The Hall–Kier alpha value is 0.0400. The van der Waals surface area contributed by atoms with Crippen LogP contribution in [0.1, 0.15) is 12.8 Å². The minimum absolute atomic E-state index is 0. The van der Waals surface area contributed by atoms with Crippen molar-refractivity contribution in [3.63, 3.8) is 0 Å². The monoisotopic (exact) mass is 422 g/mol. The Morgan fingerprint density at radius 2 is 1.12 bits per heavy atom. The summed E-state index contributed by atoms with van der Waals surface area (Å²) >= 11 is 0. The maximum absolute atomic E-state index is 5.14. The Morgan fingerprint density at radius 1 is 0.708 bits per heavy atom. The second-order valence-corrected chi connectivity index (χ2v) is 4.46. The van der Waals surface area contributed by atoms with E-state index in [-0.39, 0.29) is 49.6 Å². The molecule has 0 fully saturated rings. The molecule has 0 aromatic rings. The van der Waals surface area contributed by atoms with Crippen molar-refractivity contribution >= 4 is 49.6 Å². The molecule has 0 aromatic heterocycles. The lowest BCUT2D eigenvalue weighted by Gasteiger charge is -2.03. The van der Waals surface area contributed by atoms with Crippen molar-refractivity contribution in [2.75, 3.05) is 52.4 Å². The number of halogens is 4. The van der Waals surface area contributed by atoms with Crippen molar-refractivity contribution in [3.8, 4) is 12.3 Å². The summed E-state index contributed by atoms with van der Waals surface area (Å²) in [6.45, 7) is 11.2. The van der Waals surface area contributed by atoms with Crippen molar-refractivity contribution in [3.05, 3.63) is 24.8 Å². The van der Waals surface area contributed by atoms with E-state index in [1.54, 1.807) is 0 Å². The van der Waals surface area contributed by atoms with Crippen molar-refractivity contribution in [1.82, 2.24) is 21.3 Å². The number of hydrogen-bond acceptors (Lipinski definition) is 4. The van der Waals surface area contributed by atoms with Crippen LogP contribution < -0.4 is 21.3 Å². The molecule has 0 amide bonds. The maximum Gasteiger partial charge on any atom is 0.0573 e. The van der Waals surface area contributed by atoms with Crippen LogP contribution in [0.3, 0.4) is 0 Å². The molecule has 0 radical (unpaired) electrons. The average Bonchev–Trinajstić information content (AvgIpc) is 2.47. The molecule has 0 atom stereocenters. The quantitative estimate of drug-likeness (QED) is 0.185. The highest BCUT2D eigenvalue weighted by Crippen LogP contribution is 1.76. The molecule has 0 heterocycles. The molecular weight excluding hydrogens is 390 g/mol. The van der Waals surface area contributed by atoms with Gasteiger partial charge in [-0.25, -0.2) is 0 Å². The second kappa shape index (κ2) is 34.4. The van der Waals surface area contributed by atoms with Crippen LogP contribution in [0, 0.1) is 12.3 Å². The van der Waals surface area contributed by atoms with Crippen LogP contribution in [0.25, 0.3) is 0 Å². The van der Waals surface area contributed by atoms with E-state index in [0.717, 1.165) is 58.7 Å². The largest absolute Gasteiger partial charge is 0.313 e. The molecule has 146 valence electrons. The Morgan fingerprint density at radius 3 is 1.54 bits per heavy atom. The molecule has 0 saturated heterocycles. The average molecular weight is 424 g/mol. The Kier molecular flexibility index (Phi) is 50.4. The van der Waals surface area contributed by atoms with E-state index < -0.39 is 0 Å². The van der Waals surface area contributed by atoms with Crippen molar-refractivity contribution in [2.24, 2.45) is 0 Å². The number of rotatable bonds is 15. The minimum atomic E-state index is 0. The molecule has 24 heavy (non-hydrogen) atoms. The SMILES string of the molecule is C#CCNCCCNC/C=C/CNCCCNCC=C.Cl.Cl.Cl.Cl. The minimum Gasteiger partial charge on any atom is -0.313 e. The standard InChI is InChI=1S/C16H30N4.4ClH/c1-3-9-17-13-7-15-19-11-5-6-12-20-16-8-14-18-10-4-2;;;;/h1,4-6,17-20H,2,7-16H2;4*1H/b6-5+;;;;. The van der Waals surface area contributed by atoms with Gasteiger partial charge in [0.05, 0.1) is 6.54 Å². The Bertz CT molecular complexity index is 284. The predicted molar refractivity (Wildman–Crippen MR) is 118 cm³/mol. The molecule has 0 aliphatic carbocycles. The van der Waals surface area contributed by atoms with Gasteiger partial charge in [0.15, 0.2) is 0 Å². The topological polar surface area (TPSA) is 48.1 Å². The molecule has 4 N–H and O–H groups in total. The molecule has 4 nitrogen and oxygen atoms in total. The fourth-order valence-electron chi connectivity index (χ4n) is 1.58. The van der Waals surface area contributed by atoms with Gasteiger partial charge in [-0.15, -0.1) is 62.6 Å². The third-order valence-corrected chi connectivity index (χ3v) is 2.62. The summed E-state index contributed by atoms with van der Waals surface area (Å²) in [5.74, 6) is 2.56. The van der Waals surface area contributed by atoms with Crippen molar-refractivity contribution in [1.29, 1.82) is 0 Å². The number of nitrogens with one attached hydrogen (secondary N) is 4. The second-order valence-electron chi connectivity index (χ2n) is 4.46. The van der Waals surface area contributed by atoms with Crippen LogP contribution in [0.15, 0.2) is 24.8 Å². The zero-order valence-corrected chi connectivity index (χ0v) is 17.5. The van der Waals surface area contributed by atoms with E-state index in [9.17, 15) is 0 Å². The van der Waals surface area contributed by atoms with Crippen molar-refractivity contribution < 1.29 is 0 Å². The summed E-state index contributed by atoms with van der Waals surface area (Å²) in [6.07, 6.45) is 13.6. The normalized spacial score (nSPS) is 8.96. The molecule has 0 aliphatic rings. The molecule has 0 spiro atoms. The van der Waals surface area contributed by atoms with Crippen LogP contribution in [0.5, 0.6) is 0 Å². The zero-order chi connectivity index (χ0) is 14.7. The van der Waals surface area contributed by atoms with Crippen LogP contribution in [-0.4, -0.2) is 52.4 Å². The van der Waals surface area contributed by atoms with E-state index >= 15 is 0 Å². The number of terminal acetylenes is 1. The highest BCUT2D eigenvalue weighted by molar-refractivity contribution is 5.86. The third-order valence-electron chi connectivity index (χ3n) is 2.62. The van der Waals surface area contributed by atoms with Gasteiger partial charge in [0, 0.05) is 19.6 Å². The molecule has 0 aromatic carbocycles. The van der Waals surface area contributed by atoms with Crippen LogP contribution >= 0.6 is 49.6 Å². The van der Waals surface area contributed by atoms with Gasteiger partial charge in [0.1, 0.15) is 0 Å².